The number of carbonyl (C=O) groups is 3. The maximum atomic E-state index is 12.8. The molecule has 0 aliphatic carbocycles. The number of fused-ring (bicyclic) bond motifs is 2. The van der Waals surface area contributed by atoms with Crippen LogP contribution in [0.2, 0.25) is 0 Å². The van der Waals surface area contributed by atoms with Gasteiger partial charge in [0.15, 0.2) is 11.5 Å². The molecule has 3 heterocycles. The molecule has 0 radical (unpaired) electrons. The summed E-state index contributed by atoms with van der Waals surface area (Å²) in [6, 6.07) is 12.5. The first-order chi connectivity index (χ1) is 15.1. The molecule has 8 nitrogen and oxygen atoms in total. The van der Waals surface area contributed by atoms with Gasteiger partial charge in [0.05, 0.1) is 12.0 Å². The molecule has 2 aromatic carbocycles. The Bertz CT molecular complexity index is 1040. The van der Waals surface area contributed by atoms with Gasteiger partial charge in [-0.25, -0.2) is 4.79 Å². The zero-order valence-electron chi connectivity index (χ0n) is 16.8. The Morgan fingerprint density at radius 2 is 1.81 bits per heavy atom. The fourth-order valence-corrected chi connectivity index (χ4v) is 4.27. The SMILES string of the molecule is O=C1OC(CC(=O)N2CCC(C(=O)Nc3ccc4c(c3)OCO4)CC2)c2ccccc21. The van der Waals surface area contributed by atoms with E-state index >= 15 is 0 Å². The van der Waals surface area contributed by atoms with Gasteiger partial charge in [-0.05, 0) is 31.0 Å². The van der Waals surface area contributed by atoms with Crippen LogP contribution in [-0.2, 0) is 14.3 Å². The van der Waals surface area contributed by atoms with Gasteiger partial charge in [-0.3, -0.25) is 9.59 Å². The Balaban J connectivity index is 1.14. The molecule has 1 atom stereocenters. The molecule has 1 fully saturated rings. The van der Waals surface area contributed by atoms with Gasteiger partial charge in [0.1, 0.15) is 6.10 Å². The average molecular weight is 422 g/mol. The first-order valence-electron chi connectivity index (χ1n) is 10.4. The van der Waals surface area contributed by atoms with Gasteiger partial charge in [0.25, 0.3) is 0 Å². The lowest BCUT2D eigenvalue weighted by molar-refractivity contribution is -0.136. The molecule has 31 heavy (non-hydrogen) atoms. The average Bonchev–Trinajstić information content (AvgIpc) is 3.38. The summed E-state index contributed by atoms with van der Waals surface area (Å²) < 4.78 is 16.0. The van der Waals surface area contributed by atoms with Crippen molar-refractivity contribution in [3.63, 3.8) is 0 Å². The van der Waals surface area contributed by atoms with Gasteiger partial charge < -0.3 is 24.4 Å². The Labute approximate surface area is 179 Å². The largest absolute Gasteiger partial charge is 0.454 e. The standard InChI is InChI=1S/C23H22N2O6/c26-21(12-19-16-3-1-2-4-17(16)23(28)31-19)25-9-7-14(8-10-25)22(27)24-15-5-6-18-20(11-15)30-13-29-18/h1-6,11,14,19H,7-10,12-13H2,(H,24,27). The number of rotatable bonds is 4. The third kappa shape index (κ3) is 3.81. The number of carbonyl (C=O) groups excluding carboxylic acids is 3. The minimum atomic E-state index is -0.539. The normalized spacial score (nSPS) is 19.7. The number of ether oxygens (including phenoxy) is 3. The molecular formula is C23H22N2O6. The summed E-state index contributed by atoms with van der Waals surface area (Å²) in [6.07, 6.45) is 0.756. The van der Waals surface area contributed by atoms with Crippen LogP contribution in [-0.4, -0.2) is 42.6 Å². The van der Waals surface area contributed by atoms with Crippen LogP contribution in [0.1, 0.15) is 41.3 Å². The lowest BCUT2D eigenvalue weighted by atomic mass is 9.95. The van der Waals surface area contributed by atoms with Crippen molar-refractivity contribution in [1.29, 1.82) is 0 Å². The molecule has 2 amide bonds. The van der Waals surface area contributed by atoms with E-state index in [1.807, 2.05) is 12.1 Å². The summed E-state index contributed by atoms with van der Waals surface area (Å²) in [6.45, 7) is 1.19. The van der Waals surface area contributed by atoms with Crippen molar-refractivity contribution in [2.24, 2.45) is 5.92 Å². The molecule has 3 aliphatic heterocycles. The van der Waals surface area contributed by atoms with E-state index in [1.165, 1.54) is 0 Å². The number of anilines is 1. The molecule has 1 N–H and O–H groups in total. The predicted molar refractivity (Wildman–Crippen MR) is 110 cm³/mol. The maximum Gasteiger partial charge on any atom is 0.339 e. The number of piperidine rings is 1. The molecule has 0 spiro atoms. The van der Waals surface area contributed by atoms with Gasteiger partial charge in [0, 0.05) is 36.3 Å². The molecule has 160 valence electrons. The van der Waals surface area contributed by atoms with Crippen LogP contribution in [0.15, 0.2) is 42.5 Å². The number of benzene rings is 2. The topological polar surface area (TPSA) is 94.2 Å². The van der Waals surface area contributed by atoms with Crippen LogP contribution in [0.3, 0.4) is 0 Å². The van der Waals surface area contributed by atoms with Crippen molar-refractivity contribution in [2.75, 3.05) is 25.2 Å². The predicted octanol–water partition coefficient (Wildman–Crippen LogP) is 2.89. The van der Waals surface area contributed by atoms with Crippen molar-refractivity contribution in [3.05, 3.63) is 53.6 Å². The second kappa shape index (κ2) is 7.94. The molecule has 1 unspecified atom stereocenters. The molecular weight excluding hydrogens is 400 g/mol. The Morgan fingerprint density at radius 3 is 2.65 bits per heavy atom. The van der Waals surface area contributed by atoms with Crippen LogP contribution < -0.4 is 14.8 Å². The molecule has 3 aliphatic rings. The smallest absolute Gasteiger partial charge is 0.339 e. The van der Waals surface area contributed by atoms with E-state index in [0.29, 0.717) is 48.7 Å². The van der Waals surface area contributed by atoms with E-state index in [4.69, 9.17) is 14.2 Å². The van der Waals surface area contributed by atoms with E-state index in [-0.39, 0.29) is 36.9 Å². The van der Waals surface area contributed by atoms with E-state index in [2.05, 4.69) is 5.32 Å². The van der Waals surface area contributed by atoms with E-state index in [9.17, 15) is 14.4 Å². The second-order valence-corrected chi connectivity index (χ2v) is 7.90. The highest BCUT2D eigenvalue weighted by Gasteiger charge is 2.34. The van der Waals surface area contributed by atoms with Gasteiger partial charge in [-0.1, -0.05) is 18.2 Å². The number of cyclic esters (lactones) is 1. The van der Waals surface area contributed by atoms with E-state index in [0.717, 1.165) is 5.56 Å². The van der Waals surface area contributed by atoms with E-state index in [1.54, 1.807) is 35.2 Å². The number of likely N-dealkylation sites (tertiary alicyclic amines) is 1. The monoisotopic (exact) mass is 422 g/mol. The Morgan fingerprint density at radius 1 is 1.03 bits per heavy atom. The lowest BCUT2D eigenvalue weighted by Gasteiger charge is -2.32. The second-order valence-electron chi connectivity index (χ2n) is 7.90. The molecule has 8 heteroatoms. The zero-order valence-corrected chi connectivity index (χ0v) is 16.8. The van der Waals surface area contributed by atoms with Crippen molar-refractivity contribution < 1.29 is 28.6 Å². The summed E-state index contributed by atoms with van der Waals surface area (Å²) >= 11 is 0. The van der Waals surface area contributed by atoms with Crippen LogP contribution in [0.25, 0.3) is 0 Å². The minimum Gasteiger partial charge on any atom is -0.454 e. The number of amides is 2. The summed E-state index contributed by atoms with van der Waals surface area (Å²) in [7, 11) is 0. The van der Waals surface area contributed by atoms with Gasteiger partial charge in [0.2, 0.25) is 18.6 Å². The first-order valence-corrected chi connectivity index (χ1v) is 10.4. The van der Waals surface area contributed by atoms with Crippen LogP contribution in [0.5, 0.6) is 11.5 Å². The third-order valence-corrected chi connectivity index (χ3v) is 6.00. The summed E-state index contributed by atoms with van der Waals surface area (Å²) in [5, 5.41) is 2.92. The third-order valence-electron chi connectivity index (χ3n) is 6.00. The first kappa shape index (κ1) is 19.4. The van der Waals surface area contributed by atoms with Crippen LogP contribution in [0.4, 0.5) is 5.69 Å². The lowest BCUT2D eigenvalue weighted by Crippen LogP contribution is -2.41. The molecule has 5 rings (SSSR count). The van der Waals surface area contributed by atoms with Gasteiger partial charge >= 0.3 is 5.97 Å². The van der Waals surface area contributed by atoms with Gasteiger partial charge in [-0.2, -0.15) is 0 Å². The summed E-state index contributed by atoms with van der Waals surface area (Å²) in [5.41, 5.74) is 1.95. The number of hydrogen-bond acceptors (Lipinski definition) is 6. The quantitative estimate of drug-likeness (QED) is 0.762. The maximum absolute atomic E-state index is 12.8. The van der Waals surface area contributed by atoms with Crippen molar-refractivity contribution >= 4 is 23.5 Å². The molecule has 2 aromatic rings. The fraction of sp³-hybridized carbons (Fsp3) is 0.348. The zero-order chi connectivity index (χ0) is 21.4. The highest BCUT2D eigenvalue weighted by molar-refractivity contribution is 5.95. The van der Waals surface area contributed by atoms with Crippen LogP contribution >= 0.6 is 0 Å². The molecule has 1 saturated heterocycles. The molecule has 0 aromatic heterocycles. The number of nitrogens with zero attached hydrogens (tertiary/aromatic N) is 1. The fourth-order valence-electron chi connectivity index (χ4n) is 4.27. The highest BCUT2D eigenvalue weighted by Crippen LogP contribution is 2.35. The Hall–Kier alpha value is -3.55. The van der Waals surface area contributed by atoms with Gasteiger partial charge in [-0.15, -0.1) is 0 Å². The van der Waals surface area contributed by atoms with Crippen molar-refractivity contribution in [2.45, 2.75) is 25.4 Å². The highest BCUT2D eigenvalue weighted by atomic mass is 16.7. The summed E-state index contributed by atoms with van der Waals surface area (Å²) in [4.78, 5) is 39.1. The van der Waals surface area contributed by atoms with Crippen molar-refractivity contribution in [1.82, 2.24) is 4.90 Å². The number of nitrogens with one attached hydrogen (secondary N) is 1. The minimum absolute atomic E-state index is 0.0652. The number of esters is 1. The summed E-state index contributed by atoms with van der Waals surface area (Å²) in [5.74, 6) is 0.605. The Kier molecular flexibility index (Phi) is 4.97. The molecule has 0 saturated carbocycles. The number of hydrogen-bond donors (Lipinski definition) is 1. The van der Waals surface area contributed by atoms with E-state index < -0.39 is 6.10 Å². The molecule has 0 bridgehead atoms. The van der Waals surface area contributed by atoms with Crippen molar-refractivity contribution in [3.8, 4) is 11.5 Å². The van der Waals surface area contributed by atoms with Crippen LogP contribution in [0, 0.1) is 5.92 Å².